The number of H-pyrrole nitrogens is 1. The molecule has 6 rings (SSSR count). The summed E-state index contributed by atoms with van der Waals surface area (Å²) in [5.74, 6) is 1.00. The van der Waals surface area contributed by atoms with Crippen molar-refractivity contribution in [3.8, 4) is 5.75 Å². The quantitative estimate of drug-likeness (QED) is 0.238. The van der Waals surface area contributed by atoms with Crippen LogP contribution in [0.4, 0.5) is 5.69 Å². The van der Waals surface area contributed by atoms with Gasteiger partial charge in [-0.05, 0) is 73.0 Å². The van der Waals surface area contributed by atoms with E-state index in [1.807, 2.05) is 49.4 Å². The fourth-order valence-corrected chi connectivity index (χ4v) is 6.65. The fourth-order valence-electron chi connectivity index (χ4n) is 5.59. The van der Waals surface area contributed by atoms with Gasteiger partial charge in [0.05, 0.1) is 17.5 Å². The first kappa shape index (κ1) is 25.2. The van der Waals surface area contributed by atoms with Gasteiger partial charge in [0.1, 0.15) is 5.75 Å². The van der Waals surface area contributed by atoms with Crippen LogP contribution in [0.5, 0.6) is 5.75 Å². The molecule has 0 radical (unpaired) electrons. The number of hydrogen-bond donors (Lipinski definition) is 3. The van der Waals surface area contributed by atoms with Gasteiger partial charge in [-0.15, -0.1) is 0 Å². The summed E-state index contributed by atoms with van der Waals surface area (Å²) in [4.78, 5) is 3.95. The zero-order chi connectivity index (χ0) is 27.2. The highest BCUT2D eigenvalue weighted by Crippen LogP contribution is 2.44. The number of fused-ring (bicyclic) bond motifs is 3. The molecule has 0 amide bonds. The summed E-state index contributed by atoms with van der Waals surface area (Å²) in [5.41, 5.74) is 6.79. The van der Waals surface area contributed by atoms with Crippen LogP contribution in [0.3, 0.4) is 0 Å². The fraction of sp³-hybridized carbons (Fsp3) is 0.188. The molecule has 2 atom stereocenters. The number of methoxy groups -OCH3 is 1. The number of sulfonamides is 1. The third-order valence-corrected chi connectivity index (χ3v) is 9.22. The van der Waals surface area contributed by atoms with Crippen LogP contribution < -0.4 is 14.8 Å². The van der Waals surface area contributed by atoms with Gasteiger partial charge in [0.15, 0.2) is 0 Å². The minimum Gasteiger partial charge on any atom is -0.497 e. The maximum absolute atomic E-state index is 12.9. The van der Waals surface area contributed by atoms with Crippen LogP contribution >= 0.6 is 0 Å². The minimum atomic E-state index is -3.67. The minimum absolute atomic E-state index is 0.163. The number of benzene rings is 4. The molecule has 1 aromatic heterocycles. The third kappa shape index (κ3) is 4.47. The van der Waals surface area contributed by atoms with Crippen LogP contribution in [0, 0.1) is 6.92 Å². The second-order valence-electron chi connectivity index (χ2n) is 10.3. The molecule has 0 spiro atoms. The maximum Gasteiger partial charge on any atom is 0.261 e. The predicted molar refractivity (Wildman–Crippen MR) is 156 cm³/mol. The van der Waals surface area contributed by atoms with E-state index in [4.69, 9.17) is 4.74 Å². The van der Waals surface area contributed by atoms with Gasteiger partial charge < -0.3 is 15.0 Å². The Bertz CT molecular complexity index is 1740. The molecule has 198 valence electrons. The second-order valence-corrected chi connectivity index (χ2v) is 12.0. The average Bonchev–Trinajstić information content (AvgIpc) is 3.35. The number of para-hydroxylation sites is 1. The molecule has 3 N–H and O–H groups in total. The topological polar surface area (TPSA) is 83.2 Å². The largest absolute Gasteiger partial charge is 0.497 e. The van der Waals surface area contributed by atoms with Gasteiger partial charge in [0, 0.05) is 34.7 Å². The molecule has 0 saturated heterocycles. The van der Waals surface area contributed by atoms with Crippen LogP contribution in [0.1, 0.15) is 40.8 Å². The number of hydrogen-bond acceptors (Lipinski definition) is 4. The van der Waals surface area contributed by atoms with Gasteiger partial charge in [-0.1, -0.05) is 60.2 Å². The van der Waals surface area contributed by atoms with Crippen LogP contribution in [0.2, 0.25) is 0 Å². The number of anilines is 1. The van der Waals surface area contributed by atoms with Crippen LogP contribution in [-0.2, 0) is 15.6 Å². The van der Waals surface area contributed by atoms with Gasteiger partial charge in [0.2, 0.25) is 0 Å². The summed E-state index contributed by atoms with van der Waals surface area (Å²) in [6, 6.07) is 31.2. The lowest BCUT2D eigenvalue weighted by Crippen LogP contribution is -2.47. The molecule has 0 saturated carbocycles. The van der Waals surface area contributed by atoms with Crippen molar-refractivity contribution in [3.63, 3.8) is 0 Å². The van der Waals surface area contributed by atoms with E-state index in [1.165, 1.54) is 16.5 Å². The molecule has 6 nitrogen and oxygen atoms in total. The van der Waals surface area contributed by atoms with Gasteiger partial charge in [0.25, 0.3) is 10.0 Å². The highest BCUT2D eigenvalue weighted by Gasteiger charge is 2.40. The Morgan fingerprint density at radius 1 is 0.897 bits per heavy atom. The van der Waals surface area contributed by atoms with Crippen molar-refractivity contribution < 1.29 is 13.2 Å². The van der Waals surface area contributed by atoms with Crippen LogP contribution in [0.15, 0.2) is 102 Å². The second kappa shape index (κ2) is 9.59. The Balaban J connectivity index is 1.36. The SMILES string of the molecule is COc1ccc(C2CNC(C)(c3ccc(NS(=O)(=O)c4ccc(C)cc4)cc3)c3[nH]c4ccccc4c32)cc1. The molecule has 4 aromatic carbocycles. The first-order chi connectivity index (χ1) is 18.8. The van der Waals surface area contributed by atoms with Gasteiger partial charge in [-0.2, -0.15) is 0 Å². The van der Waals surface area contributed by atoms with E-state index in [-0.39, 0.29) is 10.8 Å². The van der Waals surface area contributed by atoms with Crippen LogP contribution in [-0.4, -0.2) is 27.1 Å². The van der Waals surface area contributed by atoms with Crippen molar-refractivity contribution >= 4 is 26.6 Å². The van der Waals surface area contributed by atoms with Crippen molar-refractivity contribution in [1.82, 2.24) is 10.3 Å². The predicted octanol–water partition coefficient (Wildman–Crippen LogP) is 6.28. The molecule has 1 aliphatic rings. The number of aryl methyl sites for hydroxylation is 1. The van der Waals surface area contributed by atoms with E-state index in [1.54, 1.807) is 31.4 Å². The maximum atomic E-state index is 12.9. The summed E-state index contributed by atoms with van der Waals surface area (Å²) in [7, 11) is -1.99. The first-order valence-corrected chi connectivity index (χ1v) is 14.5. The van der Waals surface area contributed by atoms with E-state index in [9.17, 15) is 8.42 Å². The lowest BCUT2D eigenvalue weighted by atomic mass is 9.76. The molecule has 7 heteroatoms. The molecule has 5 aromatic rings. The normalized spacial score (nSPS) is 19.0. The smallest absolute Gasteiger partial charge is 0.261 e. The lowest BCUT2D eigenvalue weighted by Gasteiger charge is -2.39. The Morgan fingerprint density at radius 3 is 2.28 bits per heavy atom. The average molecular weight is 538 g/mol. The van der Waals surface area contributed by atoms with E-state index in [0.29, 0.717) is 5.69 Å². The van der Waals surface area contributed by atoms with Crippen molar-refractivity contribution in [2.24, 2.45) is 0 Å². The summed E-state index contributed by atoms with van der Waals surface area (Å²) in [5, 5.41) is 5.02. The summed E-state index contributed by atoms with van der Waals surface area (Å²) in [6.07, 6.45) is 0. The number of rotatable bonds is 6. The van der Waals surface area contributed by atoms with Gasteiger partial charge in [-0.25, -0.2) is 8.42 Å². The van der Waals surface area contributed by atoms with Gasteiger partial charge >= 0.3 is 0 Å². The summed E-state index contributed by atoms with van der Waals surface area (Å²) in [6.45, 7) is 4.86. The van der Waals surface area contributed by atoms with Crippen molar-refractivity contribution in [2.75, 3.05) is 18.4 Å². The Labute approximate surface area is 229 Å². The Morgan fingerprint density at radius 2 is 1.59 bits per heavy atom. The van der Waals surface area contributed by atoms with Crippen molar-refractivity contribution in [1.29, 1.82) is 0 Å². The molecule has 1 aliphatic heterocycles. The first-order valence-electron chi connectivity index (χ1n) is 13.0. The van der Waals surface area contributed by atoms with E-state index in [2.05, 4.69) is 52.3 Å². The molecule has 2 unspecified atom stereocenters. The van der Waals surface area contributed by atoms with E-state index in [0.717, 1.165) is 34.6 Å². The van der Waals surface area contributed by atoms with Gasteiger partial charge in [-0.3, -0.25) is 4.72 Å². The molecule has 2 heterocycles. The van der Waals surface area contributed by atoms with E-state index < -0.39 is 15.6 Å². The zero-order valence-corrected chi connectivity index (χ0v) is 23.0. The molecular weight excluding hydrogens is 506 g/mol. The highest BCUT2D eigenvalue weighted by atomic mass is 32.2. The Kier molecular flexibility index (Phi) is 6.20. The summed E-state index contributed by atoms with van der Waals surface area (Å²) < 4.78 is 33.9. The lowest BCUT2D eigenvalue weighted by molar-refractivity contribution is 0.389. The number of ether oxygens (including phenoxy) is 1. The van der Waals surface area contributed by atoms with Crippen LogP contribution in [0.25, 0.3) is 10.9 Å². The molecular formula is C32H31N3O3S. The van der Waals surface area contributed by atoms with E-state index >= 15 is 0 Å². The number of nitrogens with one attached hydrogen (secondary N) is 3. The van der Waals surface area contributed by atoms with Crippen molar-refractivity contribution in [2.45, 2.75) is 30.2 Å². The van der Waals surface area contributed by atoms with Crippen molar-refractivity contribution in [3.05, 3.63) is 125 Å². The summed E-state index contributed by atoms with van der Waals surface area (Å²) >= 11 is 0. The third-order valence-electron chi connectivity index (χ3n) is 7.82. The Hall–Kier alpha value is -4.07. The molecule has 0 fully saturated rings. The standard InChI is InChI=1S/C32H31N3O3S/c1-21-8-18-26(19-9-21)39(36,37)35-24-14-12-23(13-15-24)32(2)31-30(27-6-4-5-7-29(27)34-31)28(20-33-32)22-10-16-25(38-3)17-11-22/h4-19,28,33-35H,20H2,1-3H3. The highest BCUT2D eigenvalue weighted by molar-refractivity contribution is 7.92. The number of aromatic nitrogens is 1. The zero-order valence-electron chi connectivity index (χ0n) is 22.2. The molecule has 39 heavy (non-hydrogen) atoms. The number of aromatic amines is 1. The molecule has 0 aliphatic carbocycles. The monoisotopic (exact) mass is 537 g/mol. The molecule has 0 bridgehead atoms.